The molecule has 0 aromatic heterocycles. The molecule has 0 bridgehead atoms. The molecule has 6 heteroatoms. The van der Waals surface area contributed by atoms with Crippen LogP contribution in [0.3, 0.4) is 0 Å². The summed E-state index contributed by atoms with van der Waals surface area (Å²) in [5, 5.41) is 0.0496. The first-order chi connectivity index (χ1) is 11.7. The fraction of sp³-hybridized carbons (Fsp3) is 0.800. The predicted molar refractivity (Wildman–Crippen MR) is 103 cm³/mol. The van der Waals surface area contributed by atoms with Crippen molar-refractivity contribution in [1.82, 2.24) is 0 Å². The number of Topliss-reactive ketones (excluding diaryl/α,β-unsaturated/α-hetero) is 2. The van der Waals surface area contributed by atoms with Crippen LogP contribution < -0.4 is 0 Å². The monoisotopic (exact) mass is 382 g/mol. The Morgan fingerprint density at radius 2 is 1.88 bits per heavy atom. The van der Waals surface area contributed by atoms with E-state index in [2.05, 4.69) is 33.9 Å². The van der Waals surface area contributed by atoms with Crippen molar-refractivity contribution in [1.29, 1.82) is 0 Å². The van der Waals surface area contributed by atoms with Crippen molar-refractivity contribution in [3.05, 3.63) is 11.8 Å². The minimum atomic E-state index is -2.04. The maximum Gasteiger partial charge on any atom is 0.250 e. The highest BCUT2D eigenvalue weighted by atomic mass is 28.4. The number of hydrogen-bond donors (Lipinski definition) is 0. The molecule has 0 spiro atoms. The van der Waals surface area contributed by atoms with Crippen LogP contribution in [0.25, 0.3) is 0 Å². The van der Waals surface area contributed by atoms with E-state index >= 15 is 0 Å². The fourth-order valence-electron chi connectivity index (χ4n) is 3.76. The molecule has 5 nitrogen and oxygen atoms in total. The molecule has 1 aliphatic heterocycles. The van der Waals surface area contributed by atoms with Crippen molar-refractivity contribution in [2.24, 2.45) is 5.41 Å². The summed E-state index contributed by atoms with van der Waals surface area (Å²) < 4.78 is 18.3. The van der Waals surface area contributed by atoms with Crippen molar-refractivity contribution in [2.45, 2.75) is 90.3 Å². The van der Waals surface area contributed by atoms with Crippen LogP contribution in [0, 0.1) is 5.41 Å². The van der Waals surface area contributed by atoms with E-state index in [0.717, 1.165) is 5.76 Å². The Morgan fingerprint density at radius 1 is 1.31 bits per heavy atom. The first kappa shape index (κ1) is 21.3. The van der Waals surface area contributed by atoms with Gasteiger partial charge in [0, 0.05) is 20.0 Å². The van der Waals surface area contributed by atoms with E-state index in [0.29, 0.717) is 6.42 Å². The van der Waals surface area contributed by atoms with Gasteiger partial charge in [-0.25, -0.2) is 0 Å². The zero-order valence-electron chi connectivity index (χ0n) is 17.7. The Balaban J connectivity index is 2.49. The summed E-state index contributed by atoms with van der Waals surface area (Å²) in [5.74, 6) is 0.481. The molecule has 0 N–H and O–H groups in total. The lowest BCUT2D eigenvalue weighted by atomic mass is 9.62. The molecule has 2 aliphatic rings. The molecule has 1 aliphatic carbocycles. The van der Waals surface area contributed by atoms with E-state index in [1.54, 1.807) is 0 Å². The van der Waals surface area contributed by atoms with E-state index in [4.69, 9.17) is 13.9 Å². The Labute approximate surface area is 158 Å². The van der Waals surface area contributed by atoms with Gasteiger partial charge in [0.1, 0.15) is 17.3 Å². The standard InChI is InChI=1S/C20H34O5Si/c1-13(21)20-15(22)12-19(5,6)24-17(20)11-14(10-16(20)23-7)25-26(8,9)18(2,3)4/h10,16-17H,11-12H2,1-9H3/t16-,17+,20-/m0/s1. The highest BCUT2D eigenvalue weighted by molar-refractivity contribution is 6.74. The Bertz CT molecular complexity index is 629. The quantitative estimate of drug-likeness (QED) is 0.543. The molecule has 0 radical (unpaired) electrons. The normalized spacial score (nSPS) is 31.9. The molecular weight excluding hydrogens is 348 g/mol. The van der Waals surface area contributed by atoms with Gasteiger partial charge in [-0.2, -0.15) is 0 Å². The van der Waals surface area contributed by atoms with E-state index in [9.17, 15) is 9.59 Å². The molecule has 0 aromatic carbocycles. The summed E-state index contributed by atoms with van der Waals surface area (Å²) >= 11 is 0. The maximum atomic E-state index is 13.1. The Kier molecular flexibility index (Phi) is 5.38. The van der Waals surface area contributed by atoms with Gasteiger partial charge >= 0.3 is 0 Å². The van der Waals surface area contributed by atoms with Crippen LogP contribution in [0.15, 0.2) is 11.8 Å². The Hall–Kier alpha value is -0.983. The third-order valence-corrected chi connectivity index (χ3v) is 10.6. The molecular formula is C20H34O5Si. The number of hydrogen-bond acceptors (Lipinski definition) is 5. The van der Waals surface area contributed by atoms with Crippen LogP contribution in [0.4, 0.5) is 0 Å². The highest BCUT2D eigenvalue weighted by Crippen LogP contribution is 2.49. The molecule has 1 heterocycles. The van der Waals surface area contributed by atoms with Crippen molar-refractivity contribution < 1.29 is 23.5 Å². The molecule has 0 aromatic rings. The number of ether oxygens (including phenoxy) is 2. The van der Waals surface area contributed by atoms with Crippen LogP contribution >= 0.6 is 0 Å². The maximum absolute atomic E-state index is 13.1. The van der Waals surface area contributed by atoms with Crippen LogP contribution in [0.2, 0.25) is 18.1 Å². The van der Waals surface area contributed by atoms with Crippen molar-refractivity contribution in [3.63, 3.8) is 0 Å². The molecule has 3 atom stereocenters. The second-order valence-electron chi connectivity index (χ2n) is 9.75. The van der Waals surface area contributed by atoms with Crippen LogP contribution in [-0.4, -0.2) is 44.8 Å². The lowest BCUT2D eigenvalue weighted by Crippen LogP contribution is -2.64. The number of rotatable bonds is 4. The summed E-state index contributed by atoms with van der Waals surface area (Å²) in [6.45, 7) is 16.2. The SMILES string of the molecule is CO[C@H]1C=C(O[Si](C)(C)C(C)(C)C)C[C@H]2OC(C)(C)CC(=O)[C@@]12C(C)=O. The minimum absolute atomic E-state index is 0.0496. The molecule has 148 valence electrons. The molecule has 0 saturated carbocycles. The van der Waals surface area contributed by atoms with Gasteiger partial charge in [-0.1, -0.05) is 20.8 Å². The molecule has 1 fully saturated rings. The first-order valence-electron chi connectivity index (χ1n) is 9.32. The van der Waals surface area contributed by atoms with Gasteiger partial charge in [0.15, 0.2) is 5.78 Å². The molecule has 0 amide bonds. The third-order valence-electron chi connectivity index (χ3n) is 6.22. The van der Waals surface area contributed by atoms with Gasteiger partial charge in [0.25, 0.3) is 0 Å². The number of methoxy groups -OCH3 is 1. The smallest absolute Gasteiger partial charge is 0.250 e. The van der Waals surface area contributed by atoms with Crippen molar-refractivity contribution >= 4 is 19.9 Å². The van der Waals surface area contributed by atoms with Crippen molar-refractivity contribution in [2.75, 3.05) is 7.11 Å². The van der Waals surface area contributed by atoms with E-state index in [1.807, 2.05) is 19.9 Å². The Morgan fingerprint density at radius 3 is 2.35 bits per heavy atom. The summed E-state index contributed by atoms with van der Waals surface area (Å²) in [6.07, 6.45) is 1.22. The van der Waals surface area contributed by atoms with E-state index < -0.39 is 31.5 Å². The predicted octanol–water partition coefficient (Wildman–Crippen LogP) is 4.02. The minimum Gasteiger partial charge on any atom is -0.547 e. The van der Waals surface area contributed by atoms with Gasteiger partial charge in [-0.05, 0) is 45.0 Å². The average molecular weight is 383 g/mol. The van der Waals surface area contributed by atoms with Crippen LogP contribution in [0.1, 0.15) is 54.4 Å². The lowest BCUT2D eigenvalue weighted by molar-refractivity contribution is -0.202. The second kappa shape index (κ2) is 6.57. The molecule has 2 rings (SSSR count). The van der Waals surface area contributed by atoms with Gasteiger partial charge in [-0.15, -0.1) is 0 Å². The summed E-state index contributed by atoms with van der Waals surface area (Å²) in [7, 11) is -0.512. The largest absolute Gasteiger partial charge is 0.547 e. The molecule has 0 unspecified atom stereocenters. The average Bonchev–Trinajstić information content (AvgIpc) is 2.42. The van der Waals surface area contributed by atoms with Gasteiger partial charge in [0.2, 0.25) is 8.32 Å². The lowest BCUT2D eigenvalue weighted by Gasteiger charge is -2.52. The number of carbonyl (C=O) groups excluding carboxylic acids is 2. The fourth-order valence-corrected chi connectivity index (χ4v) is 4.87. The number of ketones is 2. The van der Waals surface area contributed by atoms with Crippen LogP contribution in [0.5, 0.6) is 0 Å². The molecule has 26 heavy (non-hydrogen) atoms. The first-order valence-corrected chi connectivity index (χ1v) is 12.2. The summed E-state index contributed by atoms with van der Waals surface area (Å²) in [4.78, 5) is 25.7. The zero-order chi connectivity index (χ0) is 20.1. The zero-order valence-corrected chi connectivity index (χ0v) is 18.7. The number of fused-ring (bicyclic) bond motifs is 1. The van der Waals surface area contributed by atoms with E-state index in [1.165, 1.54) is 14.0 Å². The topological polar surface area (TPSA) is 61.8 Å². The third kappa shape index (κ3) is 3.43. The second-order valence-corrected chi connectivity index (χ2v) is 14.5. The summed E-state index contributed by atoms with van der Waals surface area (Å²) in [6, 6.07) is 0. The summed E-state index contributed by atoms with van der Waals surface area (Å²) in [5.41, 5.74) is -1.87. The van der Waals surface area contributed by atoms with Crippen molar-refractivity contribution in [3.8, 4) is 0 Å². The van der Waals surface area contributed by atoms with Crippen LogP contribution in [-0.2, 0) is 23.5 Å². The van der Waals surface area contributed by atoms with Gasteiger partial charge < -0.3 is 13.9 Å². The van der Waals surface area contributed by atoms with E-state index in [-0.39, 0.29) is 23.0 Å². The molecule has 1 saturated heterocycles. The highest BCUT2D eigenvalue weighted by Gasteiger charge is 2.62. The van der Waals surface area contributed by atoms with Gasteiger partial charge in [-0.3, -0.25) is 9.59 Å². The van der Waals surface area contributed by atoms with Gasteiger partial charge in [0.05, 0.1) is 17.5 Å². The number of carbonyl (C=O) groups is 2.